The number of para-hydroxylation sites is 2. The molecule has 6 nitrogen and oxygen atoms in total. The Morgan fingerprint density at radius 1 is 1.17 bits per heavy atom. The van der Waals surface area contributed by atoms with Gasteiger partial charge in [-0.3, -0.25) is 4.79 Å². The smallest absolute Gasteiger partial charge is 0.315 e. The molecule has 120 valence electrons. The van der Waals surface area contributed by atoms with E-state index in [2.05, 4.69) is 22.5 Å². The second-order valence-corrected chi connectivity index (χ2v) is 5.83. The van der Waals surface area contributed by atoms with Gasteiger partial charge in [-0.25, -0.2) is 4.79 Å². The largest absolute Gasteiger partial charge is 0.397 e. The molecule has 0 aliphatic rings. The third-order valence-corrected chi connectivity index (χ3v) is 4.01. The van der Waals surface area contributed by atoms with Gasteiger partial charge in [-0.2, -0.15) is 0 Å². The molecule has 5 N–H and O–H groups in total. The number of nitrogens with one attached hydrogen (secondary N) is 3. The van der Waals surface area contributed by atoms with E-state index >= 15 is 0 Å². The van der Waals surface area contributed by atoms with Crippen molar-refractivity contribution in [1.82, 2.24) is 10.6 Å². The first-order valence-corrected chi connectivity index (χ1v) is 7.79. The molecule has 1 aromatic heterocycles. The molecular formula is C16H18N4O2S. The summed E-state index contributed by atoms with van der Waals surface area (Å²) in [4.78, 5) is 25.1. The highest BCUT2D eigenvalue weighted by Crippen LogP contribution is 2.21. The van der Waals surface area contributed by atoms with Crippen LogP contribution in [0.15, 0.2) is 49.1 Å². The number of nitrogen functional groups attached to an aromatic ring is 1. The Kier molecular flexibility index (Phi) is 5.76. The highest BCUT2D eigenvalue weighted by Gasteiger charge is 2.11. The third-order valence-electron chi connectivity index (χ3n) is 2.92. The van der Waals surface area contributed by atoms with Crippen LogP contribution in [0, 0.1) is 0 Å². The predicted octanol–water partition coefficient (Wildman–Crippen LogP) is 2.57. The minimum Gasteiger partial charge on any atom is -0.397 e. The number of hydrogen-bond acceptors (Lipinski definition) is 4. The van der Waals surface area contributed by atoms with Gasteiger partial charge in [-0.05, 0) is 24.3 Å². The van der Waals surface area contributed by atoms with Gasteiger partial charge in [0.05, 0.1) is 22.8 Å². The zero-order chi connectivity index (χ0) is 16.7. The number of anilines is 2. The number of benzene rings is 1. The molecule has 0 spiro atoms. The zero-order valence-corrected chi connectivity index (χ0v) is 13.3. The lowest BCUT2D eigenvalue weighted by Gasteiger charge is -2.06. The first-order chi connectivity index (χ1) is 11.1. The fourth-order valence-corrected chi connectivity index (χ4v) is 2.63. The van der Waals surface area contributed by atoms with E-state index in [1.165, 1.54) is 11.3 Å². The highest BCUT2D eigenvalue weighted by molar-refractivity contribution is 7.14. The van der Waals surface area contributed by atoms with Crippen molar-refractivity contribution in [2.24, 2.45) is 0 Å². The van der Waals surface area contributed by atoms with Crippen molar-refractivity contribution in [2.45, 2.75) is 6.54 Å². The molecule has 0 fully saturated rings. The Morgan fingerprint density at radius 3 is 2.70 bits per heavy atom. The summed E-state index contributed by atoms with van der Waals surface area (Å²) < 4.78 is 0. The standard InChI is InChI=1S/C16H18N4O2S/c1-2-9-18-16(22)19-10-11-7-8-14(23-11)15(21)20-13-6-4-3-5-12(13)17/h2-8H,1,9-10,17H2,(H,20,21)(H2,18,19,22). The lowest BCUT2D eigenvalue weighted by atomic mass is 10.2. The first kappa shape index (κ1) is 16.6. The number of thiophene rings is 1. The summed E-state index contributed by atoms with van der Waals surface area (Å²) >= 11 is 1.32. The van der Waals surface area contributed by atoms with Gasteiger partial charge in [-0.15, -0.1) is 17.9 Å². The summed E-state index contributed by atoms with van der Waals surface area (Å²) in [5.74, 6) is -0.227. The molecule has 0 unspecified atom stereocenters. The highest BCUT2D eigenvalue weighted by atomic mass is 32.1. The van der Waals surface area contributed by atoms with Gasteiger partial charge in [0.2, 0.25) is 0 Å². The average molecular weight is 330 g/mol. The van der Waals surface area contributed by atoms with E-state index in [1.54, 1.807) is 36.4 Å². The summed E-state index contributed by atoms with van der Waals surface area (Å²) in [5.41, 5.74) is 6.89. The molecule has 7 heteroatoms. The fourth-order valence-electron chi connectivity index (χ4n) is 1.78. The molecule has 0 aliphatic carbocycles. The van der Waals surface area contributed by atoms with Crippen LogP contribution >= 0.6 is 11.3 Å². The van der Waals surface area contributed by atoms with Crippen LogP contribution in [-0.4, -0.2) is 18.5 Å². The molecule has 0 radical (unpaired) electrons. The third kappa shape index (κ3) is 4.86. The van der Waals surface area contributed by atoms with Crippen LogP contribution in [-0.2, 0) is 6.54 Å². The molecular weight excluding hydrogens is 312 g/mol. The lowest BCUT2D eigenvalue weighted by Crippen LogP contribution is -2.34. The van der Waals surface area contributed by atoms with Crippen molar-refractivity contribution in [3.63, 3.8) is 0 Å². The Bertz CT molecular complexity index is 712. The molecule has 0 saturated carbocycles. The van der Waals surface area contributed by atoms with Crippen LogP contribution in [0.5, 0.6) is 0 Å². The maximum Gasteiger partial charge on any atom is 0.315 e. The molecule has 0 atom stereocenters. The lowest BCUT2D eigenvalue weighted by molar-refractivity contribution is 0.103. The van der Waals surface area contributed by atoms with E-state index in [-0.39, 0.29) is 11.9 Å². The monoisotopic (exact) mass is 330 g/mol. The van der Waals surface area contributed by atoms with E-state index in [1.807, 2.05) is 6.07 Å². The maximum atomic E-state index is 12.2. The van der Waals surface area contributed by atoms with E-state index in [0.29, 0.717) is 29.3 Å². The minimum atomic E-state index is -0.277. The van der Waals surface area contributed by atoms with E-state index in [9.17, 15) is 9.59 Å². The van der Waals surface area contributed by atoms with Crippen molar-refractivity contribution in [3.8, 4) is 0 Å². The van der Waals surface area contributed by atoms with Crippen molar-refractivity contribution in [1.29, 1.82) is 0 Å². The Hall–Kier alpha value is -2.80. The molecule has 2 rings (SSSR count). The van der Waals surface area contributed by atoms with Crippen molar-refractivity contribution < 1.29 is 9.59 Å². The van der Waals surface area contributed by atoms with E-state index < -0.39 is 0 Å². The van der Waals surface area contributed by atoms with Crippen LogP contribution in [0.25, 0.3) is 0 Å². The number of nitrogens with two attached hydrogens (primary N) is 1. The predicted molar refractivity (Wildman–Crippen MR) is 93.6 cm³/mol. The van der Waals surface area contributed by atoms with Gasteiger partial charge in [0.1, 0.15) is 0 Å². The second kappa shape index (κ2) is 8.00. The fraction of sp³-hybridized carbons (Fsp3) is 0.125. The topological polar surface area (TPSA) is 96.2 Å². The molecule has 1 aromatic carbocycles. The minimum absolute atomic E-state index is 0.227. The average Bonchev–Trinajstić information content (AvgIpc) is 3.02. The SMILES string of the molecule is C=CCNC(=O)NCc1ccc(C(=O)Nc2ccccc2N)s1. The number of carbonyl (C=O) groups is 2. The van der Waals surface area contributed by atoms with Crippen LogP contribution < -0.4 is 21.7 Å². The molecule has 2 aromatic rings. The maximum absolute atomic E-state index is 12.2. The number of carbonyl (C=O) groups excluding carboxylic acids is 2. The number of urea groups is 1. The second-order valence-electron chi connectivity index (χ2n) is 4.66. The van der Waals surface area contributed by atoms with Crippen LogP contribution in [0.4, 0.5) is 16.2 Å². The Labute approximate surface area is 138 Å². The normalized spacial score (nSPS) is 9.91. The number of hydrogen-bond donors (Lipinski definition) is 4. The molecule has 0 bridgehead atoms. The van der Waals surface area contributed by atoms with Crippen LogP contribution in [0.3, 0.4) is 0 Å². The first-order valence-electron chi connectivity index (χ1n) is 6.97. The summed E-state index contributed by atoms with van der Waals surface area (Å²) in [6, 6.07) is 10.3. The van der Waals surface area contributed by atoms with Crippen LogP contribution in [0.1, 0.15) is 14.5 Å². The Balaban J connectivity index is 1.91. The quantitative estimate of drug-likeness (QED) is 0.484. The van der Waals surface area contributed by atoms with Gasteiger partial charge < -0.3 is 21.7 Å². The number of amides is 3. The van der Waals surface area contributed by atoms with Gasteiger partial charge in [-0.1, -0.05) is 18.2 Å². The zero-order valence-electron chi connectivity index (χ0n) is 12.5. The molecule has 23 heavy (non-hydrogen) atoms. The summed E-state index contributed by atoms with van der Waals surface area (Å²) in [7, 11) is 0. The van der Waals surface area contributed by atoms with Gasteiger partial charge >= 0.3 is 6.03 Å². The van der Waals surface area contributed by atoms with Gasteiger partial charge in [0.25, 0.3) is 5.91 Å². The molecule has 0 saturated heterocycles. The van der Waals surface area contributed by atoms with E-state index in [4.69, 9.17) is 5.73 Å². The molecule has 1 heterocycles. The van der Waals surface area contributed by atoms with Crippen molar-refractivity contribution >= 4 is 34.6 Å². The summed E-state index contributed by atoms with van der Waals surface area (Å²) in [6.45, 7) is 4.28. The Morgan fingerprint density at radius 2 is 1.96 bits per heavy atom. The van der Waals surface area contributed by atoms with Crippen molar-refractivity contribution in [2.75, 3.05) is 17.6 Å². The van der Waals surface area contributed by atoms with Gasteiger partial charge in [0, 0.05) is 11.4 Å². The van der Waals surface area contributed by atoms with Crippen LogP contribution in [0.2, 0.25) is 0 Å². The van der Waals surface area contributed by atoms with Gasteiger partial charge in [0.15, 0.2) is 0 Å². The van der Waals surface area contributed by atoms with E-state index in [0.717, 1.165) is 4.88 Å². The number of rotatable bonds is 6. The molecule has 0 aliphatic heterocycles. The summed E-state index contributed by atoms with van der Waals surface area (Å²) in [6.07, 6.45) is 1.60. The van der Waals surface area contributed by atoms with Crippen molar-refractivity contribution in [3.05, 3.63) is 58.8 Å². The summed E-state index contributed by atoms with van der Waals surface area (Å²) in [5, 5.41) is 8.09. The molecule has 3 amide bonds.